The highest BCUT2D eigenvalue weighted by atomic mass is 35.5. The minimum atomic E-state index is -1.04. The highest BCUT2D eigenvalue weighted by molar-refractivity contribution is 7.16. The molecule has 2 heterocycles. The third kappa shape index (κ3) is 4.48. The maximum absolute atomic E-state index is 13.5. The van der Waals surface area contributed by atoms with Gasteiger partial charge >= 0.3 is 0 Å². The van der Waals surface area contributed by atoms with Gasteiger partial charge in [-0.2, -0.15) is 0 Å². The van der Waals surface area contributed by atoms with Crippen molar-refractivity contribution in [3.63, 3.8) is 0 Å². The summed E-state index contributed by atoms with van der Waals surface area (Å²) in [5, 5.41) is 3.82. The molecule has 0 spiro atoms. The first kappa shape index (κ1) is 23.0. The van der Waals surface area contributed by atoms with E-state index in [-0.39, 0.29) is 6.42 Å². The number of benzene rings is 3. The van der Waals surface area contributed by atoms with Crippen molar-refractivity contribution in [2.24, 2.45) is 0 Å². The number of nitrogens with zero attached hydrogens (tertiary/aromatic N) is 2. The molecule has 4 aromatic rings. The van der Waals surface area contributed by atoms with Crippen molar-refractivity contribution in [3.05, 3.63) is 105 Å². The molecular weight excluding hydrogens is 482 g/mol. The molecule has 1 aliphatic rings. The number of carbonyl (C=O) groups excluding carboxylic acids is 3. The molecule has 35 heavy (non-hydrogen) atoms. The van der Waals surface area contributed by atoms with Crippen LogP contribution in [-0.2, 0) is 11.2 Å². The van der Waals surface area contributed by atoms with Crippen LogP contribution in [0.5, 0.6) is 0 Å². The highest BCUT2D eigenvalue weighted by Crippen LogP contribution is 2.32. The zero-order valence-corrected chi connectivity index (χ0v) is 20.3. The summed E-state index contributed by atoms with van der Waals surface area (Å²) in [6.07, 6.45) is 0.184. The Labute approximate surface area is 211 Å². The number of fused-ring (bicyclic) bond motifs is 1. The van der Waals surface area contributed by atoms with E-state index in [1.807, 2.05) is 55.5 Å². The molecule has 1 aromatic heterocycles. The summed E-state index contributed by atoms with van der Waals surface area (Å²) >= 11 is 7.46. The largest absolute Gasteiger partial charge is 0.300 e. The van der Waals surface area contributed by atoms with Gasteiger partial charge in [0.25, 0.3) is 11.8 Å². The molecule has 1 unspecified atom stereocenters. The van der Waals surface area contributed by atoms with Crippen LogP contribution < -0.4 is 5.32 Å². The lowest BCUT2D eigenvalue weighted by atomic mass is 10.0. The summed E-state index contributed by atoms with van der Waals surface area (Å²) in [4.78, 5) is 46.4. The molecule has 0 fully saturated rings. The number of rotatable bonds is 6. The van der Waals surface area contributed by atoms with Crippen LogP contribution in [0, 0.1) is 6.92 Å². The number of amides is 3. The maximum atomic E-state index is 13.5. The smallest absolute Gasteiger partial charge is 0.262 e. The standard InChI is InChI=1S/C27H20ClN3O3S/c1-16-23(18-10-7-11-19(28)15-18)29-27(35-16)30-24(32)22(14-17-8-3-2-4-9-17)31-25(33)20-12-5-6-13-21(20)26(31)34/h2-13,15,22H,14H2,1H3,(H,29,30,32). The fourth-order valence-corrected chi connectivity index (χ4v) is 5.20. The first-order valence-electron chi connectivity index (χ1n) is 11.0. The molecule has 3 amide bonds. The number of anilines is 1. The first-order valence-corrected chi connectivity index (χ1v) is 12.2. The Morgan fingerprint density at radius 3 is 2.29 bits per heavy atom. The van der Waals surface area contributed by atoms with Gasteiger partial charge in [-0.3, -0.25) is 19.3 Å². The summed E-state index contributed by atoms with van der Waals surface area (Å²) in [7, 11) is 0. The normalized spacial score (nSPS) is 13.6. The molecule has 0 bridgehead atoms. The van der Waals surface area contributed by atoms with Crippen molar-refractivity contribution in [1.29, 1.82) is 0 Å². The van der Waals surface area contributed by atoms with Gasteiger partial charge in [0.05, 0.1) is 16.8 Å². The van der Waals surface area contributed by atoms with Crippen molar-refractivity contribution >= 4 is 45.8 Å². The van der Waals surface area contributed by atoms with Gasteiger partial charge in [-0.1, -0.05) is 66.2 Å². The van der Waals surface area contributed by atoms with Crippen LogP contribution in [0.4, 0.5) is 5.13 Å². The predicted molar refractivity (Wildman–Crippen MR) is 137 cm³/mol. The number of hydrogen-bond donors (Lipinski definition) is 1. The molecular formula is C27H20ClN3O3S. The van der Waals surface area contributed by atoms with Crippen molar-refractivity contribution in [1.82, 2.24) is 9.88 Å². The maximum Gasteiger partial charge on any atom is 0.262 e. The fraction of sp³-hybridized carbons (Fsp3) is 0.111. The molecule has 1 aliphatic heterocycles. The topological polar surface area (TPSA) is 79.4 Å². The van der Waals surface area contributed by atoms with E-state index in [0.29, 0.717) is 27.0 Å². The second kappa shape index (κ2) is 9.44. The Morgan fingerprint density at radius 2 is 1.63 bits per heavy atom. The molecule has 1 N–H and O–H groups in total. The van der Waals surface area contributed by atoms with Gasteiger partial charge in [-0.25, -0.2) is 4.98 Å². The van der Waals surface area contributed by atoms with Gasteiger partial charge in [0.2, 0.25) is 5.91 Å². The van der Waals surface area contributed by atoms with Crippen LogP contribution in [0.1, 0.15) is 31.2 Å². The van der Waals surface area contributed by atoms with Crippen LogP contribution in [0.15, 0.2) is 78.9 Å². The number of nitrogens with one attached hydrogen (secondary N) is 1. The highest BCUT2D eigenvalue weighted by Gasteiger charge is 2.42. The van der Waals surface area contributed by atoms with Crippen LogP contribution in [0.2, 0.25) is 5.02 Å². The third-order valence-electron chi connectivity index (χ3n) is 5.84. The summed E-state index contributed by atoms with van der Waals surface area (Å²) < 4.78 is 0. The zero-order chi connectivity index (χ0) is 24.5. The minimum absolute atomic E-state index is 0.184. The van der Waals surface area contributed by atoms with Gasteiger partial charge in [-0.15, -0.1) is 11.3 Å². The molecule has 6 nitrogen and oxygen atoms in total. The lowest BCUT2D eigenvalue weighted by Crippen LogP contribution is -2.48. The fourth-order valence-electron chi connectivity index (χ4n) is 4.17. The molecule has 0 saturated carbocycles. The predicted octanol–water partition coefficient (Wildman–Crippen LogP) is 5.62. The van der Waals surface area contributed by atoms with E-state index in [9.17, 15) is 14.4 Å². The number of aromatic nitrogens is 1. The minimum Gasteiger partial charge on any atom is -0.300 e. The number of imide groups is 1. The van der Waals surface area contributed by atoms with Gasteiger partial charge in [0, 0.05) is 21.9 Å². The lowest BCUT2D eigenvalue weighted by molar-refractivity contribution is -0.119. The molecule has 5 rings (SSSR count). The van der Waals surface area contributed by atoms with E-state index in [4.69, 9.17) is 11.6 Å². The SMILES string of the molecule is Cc1sc(NC(=O)C(Cc2ccccc2)N2C(=O)c3ccccc3C2=O)nc1-c1cccc(Cl)c1. The van der Waals surface area contributed by atoms with E-state index in [0.717, 1.165) is 20.9 Å². The van der Waals surface area contributed by atoms with E-state index in [1.165, 1.54) is 11.3 Å². The van der Waals surface area contributed by atoms with E-state index < -0.39 is 23.8 Å². The number of aryl methyl sites for hydroxylation is 1. The first-order chi connectivity index (χ1) is 16.9. The van der Waals surface area contributed by atoms with Crippen LogP contribution in [0.25, 0.3) is 11.3 Å². The molecule has 8 heteroatoms. The molecule has 174 valence electrons. The van der Waals surface area contributed by atoms with Gasteiger partial charge in [-0.05, 0) is 36.8 Å². The van der Waals surface area contributed by atoms with Gasteiger partial charge in [0.15, 0.2) is 5.13 Å². The second-order valence-corrected chi connectivity index (χ2v) is 9.79. The Bertz CT molecular complexity index is 1420. The summed E-state index contributed by atoms with van der Waals surface area (Å²) in [6.45, 7) is 1.91. The molecule has 0 saturated heterocycles. The van der Waals surface area contributed by atoms with Crippen LogP contribution >= 0.6 is 22.9 Å². The molecule has 1 atom stereocenters. The van der Waals surface area contributed by atoms with E-state index in [1.54, 1.807) is 30.3 Å². The Hall–Kier alpha value is -3.81. The number of thiazole rings is 1. The van der Waals surface area contributed by atoms with Crippen molar-refractivity contribution in [2.75, 3.05) is 5.32 Å². The van der Waals surface area contributed by atoms with Crippen LogP contribution in [0.3, 0.4) is 0 Å². The average Bonchev–Trinajstić information content (AvgIpc) is 3.35. The van der Waals surface area contributed by atoms with Gasteiger partial charge < -0.3 is 5.32 Å². The van der Waals surface area contributed by atoms with Gasteiger partial charge in [0.1, 0.15) is 6.04 Å². The molecule has 0 aliphatic carbocycles. The number of carbonyl (C=O) groups is 3. The Kier molecular flexibility index (Phi) is 6.19. The third-order valence-corrected chi connectivity index (χ3v) is 6.96. The quantitative estimate of drug-likeness (QED) is 0.348. The van der Waals surface area contributed by atoms with E-state index in [2.05, 4.69) is 10.3 Å². The number of halogens is 1. The number of hydrogen-bond acceptors (Lipinski definition) is 5. The molecule has 3 aromatic carbocycles. The van der Waals surface area contributed by atoms with Crippen LogP contribution in [-0.4, -0.2) is 33.6 Å². The van der Waals surface area contributed by atoms with Crippen molar-refractivity contribution in [2.45, 2.75) is 19.4 Å². The van der Waals surface area contributed by atoms with Crippen molar-refractivity contribution in [3.8, 4) is 11.3 Å². The Balaban J connectivity index is 1.46. The Morgan fingerprint density at radius 1 is 0.971 bits per heavy atom. The molecule has 0 radical (unpaired) electrons. The summed E-state index contributed by atoms with van der Waals surface area (Å²) in [5.41, 5.74) is 2.99. The average molecular weight is 502 g/mol. The lowest BCUT2D eigenvalue weighted by Gasteiger charge is -2.25. The monoisotopic (exact) mass is 501 g/mol. The summed E-state index contributed by atoms with van der Waals surface area (Å²) in [5.74, 6) is -1.43. The second-order valence-electron chi connectivity index (χ2n) is 8.15. The zero-order valence-electron chi connectivity index (χ0n) is 18.7. The van der Waals surface area contributed by atoms with Crippen molar-refractivity contribution < 1.29 is 14.4 Å². The van der Waals surface area contributed by atoms with E-state index >= 15 is 0 Å². The summed E-state index contributed by atoms with van der Waals surface area (Å²) in [6, 6.07) is 22.2.